The van der Waals surface area contributed by atoms with Gasteiger partial charge >= 0.3 is 6.03 Å². The van der Waals surface area contributed by atoms with Gasteiger partial charge in [0.05, 0.1) is 10.2 Å². The van der Waals surface area contributed by atoms with Crippen molar-refractivity contribution in [3.8, 4) is 0 Å². The van der Waals surface area contributed by atoms with Gasteiger partial charge in [-0.15, -0.1) is 0 Å². The lowest BCUT2D eigenvalue weighted by atomic mass is 10.1. The first-order chi connectivity index (χ1) is 10.8. The monoisotopic (exact) mass is 396 g/mol. The largest absolute Gasteiger partial charge is 0.345 e. The molecule has 1 aromatic heterocycles. The van der Waals surface area contributed by atoms with E-state index in [0.29, 0.717) is 0 Å². The number of carbonyl (C=O) groups excluding carboxylic acids is 1. The fourth-order valence-electron chi connectivity index (χ4n) is 2.52. The minimum Gasteiger partial charge on any atom is -0.345 e. The molecule has 1 fully saturated rings. The minimum absolute atomic E-state index is 0.0189. The predicted octanol–water partition coefficient (Wildman–Crippen LogP) is 3.69. The number of nitrogens with one attached hydrogen (secondary N) is 1. The second-order valence-corrected chi connectivity index (χ2v) is 8.69. The summed E-state index contributed by atoms with van der Waals surface area (Å²) in [6.45, 7) is 9.08. The number of rotatable bonds is 1. The Morgan fingerprint density at radius 3 is 2.61 bits per heavy atom. The number of nitrogens with zero attached hydrogens (tertiary/aromatic N) is 3. The van der Waals surface area contributed by atoms with E-state index >= 15 is 0 Å². The maximum absolute atomic E-state index is 12.2. The third kappa shape index (κ3) is 3.95. The van der Waals surface area contributed by atoms with Crippen molar-refractivity contribution >= 4 is 48.6 Å². The molecular weight excluding hydrogens is 376 g/mol. The first kappa shape index (κ1) is 16.5. The highest BCUT2D eigenvalue weighted by Crippen LogP contribution is 2.31. The number of piperazine rings is 1. The van der Waals surface area contributed by atoms with Crippen molar-refractivity contribution in [1.82, 2.24) is 15.2 Å². The molecule has 2 heterocycles. The number of fused-ring (bicyclic) bond motifs is 1. The number of carbonyl (C=O) groups is 1. The molecule has 0 radical (unpaired) electrons. The summed E-state index contributed by atoms with van der Waals surface area (Å²) >= 11 is 5.20. The van der Waals surface area contributed by atoms with Gasteiger partial charge in [-0.1, -0.05) is 27.3 Å². The molecule has 1 N–H and O–H groups in total. The van der Waals surface area contributed by atoms with Crippen LogP contribution in [0.4, 0.5) is 9.93 Å². The zero-order chi connectivity index (χ0) is 16.6. The highest BCUT2D eigenvalue weighted by Gasteiger charge is 2.25. The van der Waals surface area contributed by atoms with Crippen LogP contribution in [0.25, 0.3) is 10.2 Å². The molecule has 0 atom stereocenters. The van der Waals surface area contributed by atoms with Gasteiger partial charge in [0, 0.05) is 36.2 Å². The molecule has 5 nitrogen and oxygen atoms in total. The standard InChI is InChI=1S/C16H21BrN4OS/c1-16(2,3)19-14(22)20-6-8-21(9-7-20)15-18-12-5-4-11(17)10-13(12)23-15/h4-5,10H,6-9H2,1-3H3,(H,19,22). The van der Waals surface area contributed by atoms with Crippen molar-refractivity contribution in [2.45, 2.75) is 26.3 Å². The van der Waals surface area contributed by atoms with E-state index in [9.17, 15) is 4.79 Å². The second kappa shape index (κ2) is 6.28. The fourth-order valence-corrected chi connectivity index (χ4v) is 4.09. The van der Waals surface area contributed by atoms with Crippen molar-refractivity contribution < 1.29 is 4.79 Å². The van der Waals surface area contributed by atoms with Crippen LogP contribution in [0.1, 0.15) is 20.8 Å². The lowest BCUT2D eigenvalue weighted by Crippen LogP contribution is -2.55. The molecule has 1 aliphatic rings. The lowest BCUT2D eigenvalue weighted by Gasteiger charge is -2.36. The Bertz CT molecular complexity index is 716. The van der Waals surface area contributed by atoms with E-state index < -0.39 is 0 Å². The topological polar surface area (TPSA) is 48.5 Å². The molecule has 0 spiro atoms. The molecule has 0 saturated carbocycles. The molecule has 1 saturated heterocycles. The zero-order valence-corrected chi connectivity index (χ0v) is 16.0. The molecule has 1 aromatic carbocycles. The number of amides is 2. The first-order valence-electron chi connectivity index (χ1n) is 7.70. The second-order valence-electron chi connectivity index (χ2n) is 6.76. The molecule has 2 aromatic rings. The van der Waals surface area contributed by atoms with Crippen molar-refractivity contribution in [3.05, 3.63) is 22.7 Å². The minimum atomic E-state index is -0.200. The van der Waals surface area contributed by atoms with E-state index in [4.69, 9.17) is 4.98 Å². The van der Waals surface area contributed by atoms with Crippen molar-refractivity contribution in [2.75, 3.05) is 31.1 Å². The number of hydrogen-bond donors (Lipinski definition) is 1. The molecule has 0 bridgehead atoms. The summed E-state index contributed by atoms with van der Waals surface area (Å²) in [6, 6.07) is 6.17. The Kier molecular flexibility index (Phi) is 4.51. The Morgan fingerprint density at radius 2 is 1.96 bits per heavy atom. The summed E-state index contributed by atoms with van der Waals surface area (Å²) in [7, 11) is 0. The maximum atomic E-state index is 12.2. The van der Waals surface area contributed by atoms with Crippen LogP contribution in [0.2, 0.25) is 0 Å². The summed E-state index contributed by atoms with van der Waals surface area (Å²) in [5.74, 6) is 0. The van der Waals surface area contributed by atoms with Crippen molar-refractivity contribution in [3.63, 3.8) is 0 Å². The summed E-state index contributed by atoms with van der Waals surface area (Å²) in [4.78, 5) is 21.1. The number of aromatic nitrogens is 1. The van der Waals surface area contributed by atoms with Gasteiger partial charge < -0.3 is 15.1 Å². The van der Waals surface area contributed by atoms with Gasteiger partial charge in [0.25, 0.3) is 0 Å². The summed E-state index contributed by atoms with van der Waals surface area (Å²) in [5.41, 5.74) is 0.829. The van der Waals surface area contributed by atoms with Crippen LogP contribution < -0.4 is 10.2 Å². The molecule has 23 heavy (non-hydrogen) atoms. The van der Waals surface area contributed by atoms with E-state index in [0.717, 1.165) is 41.3 Å². The number of hydrogen-bond acceptors (Lipinski definition) is 4. The van der Waals surface area contributed by atoms with Gasteiger partial charge in [-0.05, 0) is 39.0 Å². The third-order valence-corrected chi connectivity index (χ3v) is 5.23. The molecule has 0 unspecified atom stereocenters. The normalized spacial score (nSPS) is 16.0. The van der Waals surface area contributed by atoms with Gasteiger partial charge in [0.15, 0.2) is 5.13 Å². The molecule has 3 rings (SSSR count). The molecule has 0 aliphatic carbocycles. The number of halogens is 1. The number of benzene rings is 1. The highest BCUT2D eigenvalue weighted by atomic mass is 79.9. The van der Waals surface area contributed by atoms with Crippen LogP contribution in [0.3, 0.4) is 0 Å². The summed E-state index contributed by atoms with van der Waals surface area (Å²) < 4.78 is 2.26. The van der Waals surface area contributed by atoms with Crippen LogP contribution in [-0.2, 0) is 0 Å². The average Bonchev–Trinajstić information content (AvgIpc) is 2.88. The number of thiazole rings is 1. The van der Waals surface area contributed by atoms with E-state index in [1.54, 1.807) is 11.3 Å². The summed E-state index contributed by atoms with van der Waals surface area (Å²) in [5, 5.41) is 4.06. The average molecular weight is 397 g/mol. The van der Waals surface area contributed by atoms with E-state index in [1.807, 2.05) is 37.8 Å². The molecule has 1 aliphatic heterocycles. The maximum Gasteiger partial charge on any atom is 0.317 e. The van der Waals surface area contributed by atoms with Gasteiger partial charge in [-0.3, -0.25) is 0 Å². The fraction of sp³-hybridized carbons (Fsp3) is 0.500. The van der Waals surface area contributed by atoms with Crippen LogP contribution in [0, 0.1) is 0 Å². The quantitative estimate of drug-likeness (QED) is 0.799. The van der Waals surface area contributed by atoms with Crippen LogP contribution in [0.5, 0.6) is 0 Å². The zero-order valence-electron chi connectivity index (χ0n) is 13.6. The highest BCUT2D eigenvalue weighted by molar-refractivity contribution is 9.10. The van der Waals surface area contributed by atoms with E-state index in [1.165, 1.54) is 4.70 Å². The SMILES string of the molecule is CC(C)(C)NC(=O)N1CCN(c2nc3ccc(Br)cc3s2)CC1. The molecule has 2 amide bonds. The Balaban J connectivity index is 1.65. The third-order valence-electron chi connectivity index (χ3n) is 3.66. The first-order valence-corrected chi connectivity index (χ1v) is 9.31. The molecule has 124 valence electrons. The molecular formula is C16H21BrN4OS. The van der Waals surface area contributed by atoms with Crippen LogP contribution in [-0.4, -0.2) is 47.6 Å². The Labute approximate surface area is 148 Å². The predicted molar refractivity (Wildman–Crippen MR) is 99.4 cm³/mol. The van der Waals surface area contributed by atoms with Crippen LogP contribution in [0.15, 0.2) is 22.7 Å². The smallest absolute Gasteiger partial charge is 0.317 e. The Hall–Kier alpha value is -1.34. The lowest BCUT2D eigenvalue weighted by molar-refractivity contribution is 0.185. The number of urea groups is 1. The summed E-state index contributed by atoms with van der Waals surface area (Å²) in [6.07, 6.45) is 0. The van der Waals surface area contributed by atoms with E-state index in [2.05, 4.69) is 32.2 Å². The van der Waals surface area contributed by atoms with Gasteiger partial charge in [-0.25, -0.2) is 9.78 Å². The van der Waals surface area contributed by atoms with Gasteiger partial charge in [0.1, 0.15) is 0 Å². The Morgan fingerprint density at radius 1 is 1.26 bits per heavy atom. The number of anilines is 1. The molecule has 7 heteroatoms. The van der Waals surface area contributed by atoms with Gasteiger partial charge in [0.2, 0.25) is 0 Å². The van der Waals surface area contributed by atoms with E-state index in [-0.39, 0.29) is 11.6 Å². The van der Waals surface area contributed by atoms with Gasteiger partial charge in [-0.2, -0.15) is 0 Å². The van der Waals surface area contributed by atoms with Crippen LogP contribution >= 0.6 is 27.3 Å². The van der Waals surface area contributed by atoms with Crippen molar-refractivity contribution in [2.24, 2.45) is 0 Å². The van der Waals surface area contributed by atoms with Crippen molar-refractivity contribution in [1.29, 1.82) is 0 Å².